The van der Waals surface area contributed by atoms with Gasteiger partial charge in [0.2, 0.25) is 10.0 Å². The van der Waals surface area contributed by atoms with Crippen LogP contribution in [-0.4, -0.2) is 24.5 Å². The third-order valence-electron chi connectivity index (χ3n) is 2.66. The van der Waals surface area contributed by atoms with Crippen LogP contribution in [-0.2, 0) is 16.6 Å². The number of sulfonamides is 1. The van der Waals surface area contributed by atoms with Crippen molar-refractivity contribution in [3.05, 3.63) is 52.0 Å². The first kappa shape index (κ1) is 15.7. The lowest BCUT2D eigenvalue weighted by Gasteiger charge is -2.06. The van der Waals surface area contributed by atoms with Crippen LogP contribution in [0, 0.1) is 5.82 Å². The molecule has 0 spiro atoms. The van der Waals surface area contributed by atoms with Crippen molar-refractivity contribution in [2.24, 2.45) is 0 Å². The zero-order valence-electron chi connectivity index (χ0n) is 10.4. The molecule has 3 N–H and O–H groups in total. The fourth-order valence-corrected chi connectivity index (χ4v) is 3.00. The van der Waals surface area contributed by atoms with Crippen molar-refractivity contribution < 1.29 is 22.7 Å². The van der Waals surface area contributed by atoms with E-state index in [2.05, 4.69) is 25.6 Å². The second-order valence-corrected chi connectivity index (χ2v) is 6.80. The summed E-state index contributed by atoms with van der Waals surface area (Å²) >= 11 is 3.17. The molecule has 0 atom stereocenters. The number of carbonyl (C=O) groups is 1. The molecule has 21 heavy (non-hydrogen) atoms. The SMILES string of the molecule is O=C(O)c1cc(S(=O)(=O)NCc2cc(Br)ccc2F)c[nH]1. The average molecular weight is 377 g/mol. The molecule has 0 aliphatic carbocycles. The smallest absolute Gasteiger partial charge is 0.352 e. The Balaban J connectivity index is 2.17. The lowest BCUT2D eigenvalue weighted by Crippen LogP contribution is -2.23. The quantitative estimate of drug-likeness (QED) is 0.743. The summed E-state index contributed by atoms with van der Waals surface area (Å²) in [4.78, 5) is 12.8. The number of aromatic nitrogens is 1. The number of aromatic carboxylic acids is 1. The number of carboxylic acids is 1. The summed E-state index contributed by atoms with van der Waals surface area (Å²) < 4.78 is 40.3. The van der Waals surface area contributed by atoms with Gasteiger partial charge in [0.15, 0.2) is 0 Å². The van der Waals surface area contributed by atoms with Crippen molar-refractivity contribution in [1.82, 2.24) is 9.71 Å². The molecule has 1 aromatic carbocycles. The number of hydrogen-bond acceptors (Lipinski definition) is 3. The molecule has 0 unspecified atom stereocenters. The van der Waals surface area contributed by atoms with E-state index in [1.165, 1.54) is 18.2 Å². The number of hydrogen-bond donors (Lipinski definition) is 3. The van der Waals surface area contributed by atoms with Gasteiger partial charge in [0.05, 0.1) is 0 Å². The van der Waals surface area contributed by atoms with E-state index in [0.29, 0.717) is 4.47 Å². The number of rotatable bonds is 5. The van der Waals surface area contributed by atoms with E-state index in [0.717, 1.165) is 12.3 Å². The van der Waals surface area contributed by atoms with Crippen LogP contribution < -0.4 is 4.72 Å². The average Bonchev–Trinajstić information content (AvgIpc) is 2.90. The molecule has 1 aromatic heterocycles. The number of halogens is 2. The van der Waals surface area contributed by atoms with E-state index in [-0.39, 0.29) is 22.7 Å². The van der Waals surface area contributed by atoms with E-state index in [1.807, 2.05) is 0 Å². The Hall–Kier alpha value is -1.71. The summed E-state index contributed by atoms with van der Waals surface area (Å²) in [6.07, 6.45) is 1.06. The van der Waals surface area contributed by atoms with Crippen LogP contribution in [0.1, 0.15) is 16.1 Å². The first-order chi connectivity index (χ1) is 9.79. The van der Waals surface area contributed by atoms with E-state index in [4.69, 9.17) is 5.11 Å². The van der Waals surface area contributed by atoms with Gasteiger partial charge in [-0.25, -0.2) is 22.3 Å². The van der Waals surface area contributed by atoms with Crippen LogP contribution in [0.4, 0.5) is 4.39 Å². The summed E-state index contributed by atoms with van der Waals surface area (Å²) in [5.41, 5.74) is -0.0778. The van der Waals surface area contributed by atoms with Gasteiger partial charge < -0.3 is 10.1 Å². The van der Waals surface area contributed by atoms with Crippen LogP contribution in [0.5, 0.6) is 0 Å². The molecule has 0 saturated carbocycles. The molecule has 0 radical (unpaired) electrons. The third-order valence-corrected chi connectivity index (χ3v) is 4.53. The molecule has 112 valence electrons. The van der Waals surface area contributed by atoms with Crippen LogP contribution in [0.25, 0.3) is 0 Å². The van der Waals surface area contributed by atoms with Crippen molar-refractivity contribution >= 4 is 31.9 Å². The number of benzene rings is 1. The Labute approximate surface area is 128 Å². The second kappa shape index (κ2) is 5.96. The first-order valence-electron chi connectivity index (χ1n) is 5.65. The third kappa shape index (κ3) is 3.69. The molecule has 9 heteroatoms. The van der Waals surface area contributed by atoms with Crippen molar-refractivity contribution in [3.8, 4) is 0 Å². The van der Waals surface area contributed by atoms with Crippen LogP contribution >= 0.6 is 15.9 Å². The predicted octanol–water partition coefficient (Wildman–Crippen LogP) is 2.09. The highest BCUT2D eigenvalue weighted by molar-refractivity contribution is 9.10. The van der Waals surface area contributed by atoms with Gasteiger partial charge in [-0.05, 0) is 24.3 Å². The van der Waals surface area contributed by atoms with Gasteiger partial charge in [0.25, 0.3) is 0 Å². The summed E-state index contributed by atoms with van der Waals surface area (Å²) in [5, 5.41) is 8.74. The highest BCUT2D eigenvalue weighted by Crippen LogP contribution is 2.17. The molecule has 2 aromatic rings. The van der Waals surface area contributed by atoms with Gasteiger partial charge in [-0.2, -0.15) is 0 Å². The molecule has 0 aliphatic rings. The van der Waals surface area contributed by atoms with Gasteiger partial charge in [-0.3, -0.25) is 0 Å². The van der Waals surface area contributed by atoms with Crippen molar-refractivity contribution in [1.29, 1.82) is 0 Å². The maximum Gasteiger partial charge on any atom is 0.352 e. The van der Waals surface area contributed by atoms with Crippen molar-refractivity contribution in [2.45, 2.75) is 11.4 Å². The predicted molar refractivity (Wildman–Crippen MR) is 75.9 cm³/mol. The van der Waals surface area contributed by atoms with Gasteiger partial charge in [-0.1, -0.05) is 15.9 Å². The lowest BCUT2D eigenvalue weighted by molar-refractivity contribution is 0.0691. The van der Waals surface area contributed by atoms with Gasteiger partial charge in [-0.15, -0.1) is 0 Å². The topological polar surface area (TPSA) is 99.3 Å². The number of H-pyrrole nitrogens is 1. The Morgan fingerprint density at radius 3 is 2.71 bits per heavy atom. The Kier molecular flexibility index (Phi) is 4.45. The van der Waals surface area contributed by atoms with Crippen LogP contribution in [0.2, 0.25) is 0 Å². The molecule has 0 fully saturated rings. The van der Waals surface area contributed by atoms with E-state index < -0.39 is 21.8 Å². The number of carboxylic acid groups (broad SMARTS) is 1. The van der Waals surface area contributed by atoms with Gasteiger partial charge in [0.1, 0.15) is 16.4 Å². The molecular formula is C12H10BrFN2O4S. The lowest BCUT2D eigenvalue weighted by atomic mass is 10.2. The van der Waals surface area contributed by atoms with E-state index in [1.54, 1.807) is 0 Å². The fraction of sp³-hybridized carbons (Fsp3) is 0.0833. The zero-order valence-corrected chi connectivity index (χ0v) is 12.8. The molecule has 0 bridgehead atoms. The molecule has 0 aliphatic heterocycles. The molecule has 1 heterocycles. The van der Waals surface area contributed by atoms with Crippen LogP contribution in [0.3, 0.4) is 0 Å². The Morgan fingerprint density at radius 2 is 2.10 bits per heavy atom. The molecule has 0 saturated heterocycles. The van der Waals surface area contributed by atoms with E-state index >= 15 is 0 Å². The maximum absolute atomic E-state index is 13.5. The largest absolute Gasteiger partial charge is 0.477 e. The molecule has 6 nitrogen and oxygen atoms in total. The second-order valence-electron chi connectivity index (χ2n) is 4.11. The highest BCUT2D eigenvalue weighted by Gasteiger charge is 2.18. The molecule has 2 rings (SSSR count). The first-order valence-corrected chi connectivity index (χ1v) is 7.92. The van der Waals surface area contributed by atoms with Gasteiger partial charge >= 0.3 is 5.97 Å². The standard InChI is InChI=1S/C12H10BrFN2O4S/c13-8-1-2-10(14)7(3-8)5-16-21(19,20)9-4-11(12(17)18)15-6-9/h1-4,6,15-16H,5H2,(H,17,18). The van der Waals surface area contributed by atoms with Crippen molar-refractivity contribution in [2.75, 3.05) is 0 Å². The zero-order chi connectivity index (χ0) is 15.6. The fourth-order valence-electron chi connectivity index (χ4n) is 1.59. The maximum atomic E-state index is 13.5. The Bertz CT molecular complexity index is 788. The highest BCUT2D eigenvalue weighted by atomic mass is 79.9. The Morgan fingerprint density at radius 1 is 1.38 bits per heavy atom. The normalized spacial score (nSPS) is 11.5. The monoisotopic (exact) mass is 376 g/mol. The summed E-state index contributed by atoms with van der Waals surface area (Å²) in [6, 6.07) is 5.16. The minimum absolute atomic E-state index is 0.168. The minimum atomic E-state index is -3.93. The van der Waals surface area contributed by atoms with E-state index in [9.17, 15) is 17.6 Å². The van der Waals surface area contributed by atoms with Crippen molar-refractivity contribution in [3.63, 3.8) is 0 Å². The summed E-state index contributed by atoms with van der Waals surface area (Å²) in [7, 11) is -3.93. The van der Waals surface area contributed by atoms with Crippen LogP contribution in [0.15, 0.2) is 39.8 Å². The summed E-state index contributed by atoms with van der Waals surface area (Å²) in [5.74, 6) is -1.81. The molecule has 0 amide bonds. The molecular weight excluding hydrogens is 367 g/mol. The van der Waals surface area contributed by atoms with Gasteiger partial charge in [0, 0.05) is 22.8 Å². The number of aromatic amines is 1. The summed E-state index contributed by atoms with van der Waals surface area (Å²) in [6.45, 7) is -0.249. The number of nitrogens with one attached hydrogen (secondary N) is 2. The minimum Gasteiger partial charge on any atom is -0.477 e.